The average molecular weight is 454 g/mol. The van der Waals surface area contributed by atoms with Crippen LogP contribution in [0.4, 0.5) is 15.8 Å². The quantitative estimate of drug-likeness (QED) is 0.541. The van der Waals surface area contributed by atoms with Gasteiger partial charge in [-0.15, -0.1) is 11.8 Å². The largest absolute Gasteiger partial charge is 0.349 e. The highest BCUT2D eigenvalue weighted by molar-refractivity contribution is 8.01. The standard InChI is InChI=1S/C20H24FN3O4S2/c1-13(17-6-4-5-7-18(17)24-30(3,27)28)22-20(26)14(2)29-12-19(25)23-16-10-8-15(21)9-11-16/h4-11,13-14,24H,12H2,1-3H3,(H,22,26)(H,23,25). The molecular weight excluding hydrogens is 429 g/mol. The van der Waals surface area contributed by atoms with Crippen LogP contribution in [0.3, 0.4) is 0 Å². The third-order valence-corrected chi connectivity index (χ3v) is 5.78. The highest BCUT2D eigenvalue weighted by Crippen LogP contribution is 2.24. The second-order valence-corrected chi connectivity index (χ2v) is 9.78. The van der Waals surface area contributed by atoms with Gasteiger partial charge in [0.05, 0.1) is 29.0 Å². The molecule has 3 N–H and O–H groups in total. The summed E-state index contributed by atoms with van der Waals surface area (Å²) in [7, 11) is -3.46. The summed E-state index contributed by atoms with van der Waals surface area (Å²) in [6.45, 7) is 3.43. The second kappa shape index (κ2) is 10.4. The van der Waals surface area contributed by atoms with E-state index in [1.165, 1.54) is 24.3 Å². The van der Waals surface area contributed by atoms with E-state index in [0.717, 1.165) is 18.0 Å². The Kier molecular flexibility index (Phi) is 8.24. The van der Waals surface area contributed by atoms with Crippen molar-refractivity contribution in [1.29, 1.82) is 0 Å². The van der Waals surface area contributed by atoms with Gasteiger partial charge in [0, 0.05) is 5.69 Å². The predicted molar refractivity (Wildman–Crippen MR) is 118 cm³/mol. The van der Waals surface area contributed by atoms with E-state index < -0.39 is 27.1 Å². The molecule has 0 fully saturated rings. The molecule has 0 aliphatic rings. The van der Waals surface area contributed by atoms with Crippen molar-refractivity contribution in [1.82, 2.24) is 5.32 Å². The summed E-state index contributed by atoms with van der Waals surface area (Å²) in [6, 6.07) is 11.8. The Bertz CT molecular complexity index is 997. The molecule has 0 saturated carbocycles. The molecule has 0 aliphatic carbocycles. The van der Waals surface area contributed by atoms with Crippen LogP contribution in [0.5, 0.6) is 0 Å². The summed E-state index contributed by atoms with van der Waals surface area (Å²) < 4.78 is 38.4. The van der Waals surface area contributed by atoms with Crippen LogP contribution in [0.25, 0.3) is 0 Å². The maximum Gasteiger partial charge on any atom is 0.234 e. The lowest BCUT2D eigenvalue weighted by Gasteiger charge is -2.20. The lowest BCUT2D eigenvalue weighted by atomic mass is 10.1. The maximum atomic E-state index is 12.9. The van der Waals surface area contributed by atoms with E-state index in [2.05, 4.69) is 15.4 Å². The third kappa shape index (κ3) is 7.68. The molecule has 2 aromatic rings. The van der Waals surface area contributed by atoms with Gasteiger partial charge in [0.15, 0.2) is 0 Å². The Labute approximate surface area is 179 Å². The minimum Gasteiger partial charge on any atom is -0.349 e. The number of rotatable bonds is 9. The SMILES string of the molecule is CC(SCC(=O)Nc1ccc(F)cc1)C(=O)NC(C)c1ccccc1NS(C)(=O)=O. The molecule has 0 bridgehead atoms. The minimum atomic E-state index is -3.46. The first kappa shape index (κ1) is 23.7. The van der Waals surface area contributed by atoms with Crippen molar-refractivity contribution in [2.24, 2.45) is 0 Å². The molecule has 7 nitrogen and oxygen atoms in total. The van der Waals surface area contributed by atoms with E-state index >= 15 is 0 Å². The fourth-order valence-corrected chi connectivity index (χ4v) is 3.86. The molecule has 0 aliphatic heterocycles. The third-order valence-electron chi connectivity index (χ3n) is 4.04. The van der Waals surface area contributed by atoms with Crippen molar-refractivity contribution in [3.63, 3.8) is 0 Å². The van der Waals surface area contributed by atoms with Crippen LogP contribution in [0.15, 0.2) is 48.5 Å². The van der Waals surface area contributed by atoms with Gasteiger partial charge in [-0.2, -0.15) is 0 Å². The number of nitrogens with one attached hydrogen (secondary N) is 3. The number of hydrogen-bond acceptors (Lipinski definition) is 5. The number of sulfonamides is 1. The van der Waals surface area contributed by atoms with Gasteiger partial charge >= 0.3 is 0 Å². The Morgan fingerprint density at radius 3 is 2.33 bits per heavy atom. The van der Waals surface area contributed by atoms with Gasteiger partial charge in [-0.1, -0.05) is 18.2 Å². The van der Waals surface area contributed by atoms with Crippen molar-refractivity contribution in [3.8, 4) is 0 Å². The van der Waals surface area contributed by atoms with Gasteiger partial charge in [0.2, 0.25) is 21.8 Å². The topological polar surface area (TPSA) is 104 Å². The highest BCUT2D eigenvalue weighted by Gasteiger charge is 2.20. The lowest BCUT2D eigenvalue weighted by Crippen LogP contribution is -2.34. The molecule has 30 heavy (non-hydrogen) atoms. The number of thioether (sulfide) groups is 1. The average Bonchev–Trinajstić information content (AvgIpc) is 2.67. The summed E-state index contributed by atoms with van der Waals surface area (Å²) in [5.41, 5.74) is 1.50. The van der Waals surface area contributed by atoms with Crippen LogP contribution in [0.2, 0.25) is 0 Å². The van der Waals surface area contributed by atoms with E-state index in [1.807, 2.05) is 0 Å². The zero-order valence-electron chi connectivity index (χ0n) is 16.8. The molecule has 0 radical (unpaired) electrons. The normalized spacial score (nSPS) is 13.2. The molecule has 0 heterocycles. The molecular formula is C20H24FN3O4S2. The van der Waals surface area contributed by atoms with Crippen molar-refractivity contribution < 1.29 is 22.4 Å². The lowest BCUT2D eigenvalue weighted by molar-refractivity contribution is -0.120. The summed E-state index contributed by atoms with van der Waals surface area (Å²) in [6.07, 6.45) is 1.06. The number of benzene rings is 2. The smallest absolute Gasteiger partial charge is 0.234 e. The Hall–Kier alpha value is -2.59. The zero-order valence-corrected chi connectivity index (χ0v) is 18.4. The fraction of sp³-hybridized carbons (Fsp3) is 0.300. The number of amides is 2. The van der Waals surface area contributed by atoms with E-state index in [-0.39, 0.29) is 17.6 Å². The van der Waals surface area contributed by atoms with Crippen molar-refractivity contribution in [2.45, 2.75) is 25.1 Å². The molecule has 2 amide bonds. The number of carbonyl (C=O) groups excluding carboxylic acids is 2. The Balaban J connectivity index is 1.89. The van der Waals surface area contributed by atoms with Crippen LogP contribution in [0, 0.1) is 5.82 Å². The Morgan fingerprint density at radius 1 is 1.07 bits per heavy atom. The van der Waals surface area contributed by atoms with Gasteiger partial charge in [0.1, 0.15) is 5.82 Å². The molecule has 0 spiro atoms. The summed E-state index contributed by atoms with van der Waals surface area (Å²) >= 11 is 1.16. The Morgan fingerprint density at radius 2 is 1.70 bits per heavy atom. The summed E-state index contributed by atoms with van der Waals surface area (Å²) in [4.78, 5) is 24.5. The molecule has 10 heteroatoms. The molecule has 0 saturated heterocycles. The van der Waals surface area contributed by atoms with Crippen molar-refractivity contribution in [2.75, 3.05) is 22.0 Å². The van der Waals surface area contributed by atoms with Crippen molar-refractivity contribution >= 4 is 45.0 Å². The second-order valence-electron chi connectivity index (χ2n) is 6.70. The van der Waals surface area contributed by atoms with Gasteiger partial charge < -0.3 is 10.6 Å². The highest BCUT2D eigenvalue weighted by atomic mass is 32.2. The molecule has 0 aromatic heterocycles. The first-order valence-electron chi connectivity index (χ1n) is 9.09. The monoisotopic (exact) mass is 453 g/mol. The predicted octanol–water partition coefficient (Wildman–Crippen LogP) is 3.13. The molecule has 2 atom stereocenters. The van der Waals surface area contributed by atoms with E-state index in [1.54, 1.807) is 38.1 Å². The van der Waals surface area contributed by atoms with Gasteiger partial charge in [-0.05, 0) is 49.7 Å². The van der Waals surface area contributed by atoms with Crippen LogP contribution < -0.4 is 15.4 Å². The summed E-state index contributed by atoms with van der Waals surface area (Å²) in [5, 5.41) is 4.96. The fourth-order valence-electron chi connectivity index (χ4n) is 2.58. The van der Waals surface area contributed by atoms with Gasteiger partial charge in [-0.3, -0.25) is 14.3 Å². The number of para-hydroxylation sites is 1. The number of carbonyl (C=O) groups is 2. The molecule has 162 valence electrons. The van der Waals surface area contributed by atoms with E-state index in [0.29, 0.717) is 16.9 Å². The van der Waals surface area contributed by atoms with Crippen LogP contribution in [-0.2, 0) is 19.6 Å². The first-order chi connectivity index (χ1) is 14.0. The molecule has 2 unspecified atom stereocenters. The van der Waals surface area contributed by atoms with Gasteiger partial charge in [-0.25, -0.2) is 12.8 Å². The van der Waals surface area contributed by atoms with Crippen molar-refractivity contribution in [3.05, 3.63) is 59.9 Å². The maximum absolute atomic E-state index is 12.9. The van der Waals surface area contributed by atoms with E-state index in [4.69, 9.17) is 0 Å². The minimum absolute atomic E-state index is 0.0482. The van der Waals surface area contributed by atoms with Crippen LogP contribution in [0.1, 0.15) is 25.5 Å². The number of halogens is 1. The number of anilines is 2. The van der Waals surface area contributed by atoms with E-state index in [9.17, 15) is 22.4 Å². The van der Waals surface area contributed by atoms with Crippen LogP contribution >= 0.6 is 11.8 Å². The first-order valence-corrected chi connectivity index (χ1v) is 12.0. The summed E-state index contributed by atoms with van der Waals surface area (Å²) in [5.74, 6) is -0.930. The molecule has 2 aromatic carbocycles. The van der Waals surface area contributed by atoms with Crippen LogP contribution in [-0.4, -0.2) is 37.5 Å². The zero-order chi connectivity index (χ0) is 22.3. The molecule has 2 rings (SSSR count). The van der Waals surface area contributed by atoms with Gasteiger partial charge in [0.25, 0.3) is 0 Å². The number of hydrogen-bond donors (Lipinski definition) is 3.